The van der Waals surface area contributed by atoms with E-state index in [0.29, 0.717) is 43.8 Å². The first-order chi connectivity index (χ1) is 18.9. The average Bonchev–Trinajstić information content (AvgIpc) is 3.32. The maximum absolute atomic E-state index is 13.5. The predicted octanol–water partition coefficient (Wildman–Crippen LogP) is 2.15. The normalized spacial score (nSPS) is 28.5. The minimum atomic E-state index is -2.86. The first-order valence-corrected chi connectivity index (χ1v) is 13.4. The molecule has 2 saturated heterocycles. The number of amides is 3. The summed E-state index contributed by atoms with van der Waals surface area (Å²) in [7, 11) is 0. The summed E-state index contributed by atoms with van der Waals surface area (Å²) in [6.07, 6.45) is 8.19. The molecule has 4 atom stereocenters. The summed E-state index contributed by atoms with van der Waals surface area (Å²) in [5.74, 6) is -2.10. The third-order valence-corrected chi connectivity index (χ3v) is 7.50. The molecule has 1 aromatic heterocycles. The van der Waals surface area contributed by atoms with Gasteiger partial charge in [-0.3, -0.25) is 15.0 Å². The number of carbonyl (C=O) groups is 2. The molecular weight excluding hydrogens is 514 g/mol. The van der Waals surface area contributed by atoms with Gasteiger partial charge in [-0.2, -0.15) is 0 Å². The van der Waals surface area contributed by atoms with Crippen LogP contribution in [-0.4, -0.2) is 90.0 Å². The van der Waals surface area contributed by atoms with E-state index in [0.717, 1.165) is 37.9 Å². The van der Waals surface area contributed by atoms with Gasteiger partial charge in [0, 0.05) is 38.4 Å². The summed E-state index contributed by atoms with van der Waals surface area (Å²) in [5.41, 5.74) is 0.784. The number of carbonyl (C=O) groups excluding carboxylic acids is 2. The smallest absolute Gasteiger partial charge is 0.328 e. The Labute approximate surface area is 224 Å². The Morgan fingerprint density at radius 2 is 2.13 bits per heavy atom. The number of rotatable bonds is 8. The highest BCUT2D eigenvalue weighted by atomic mass is 19.3. The van der Waals surface area contributed by atoms with E-state index < -0.39 is 29.9 Å². The van der Waals surface area contributed by atoms with Crippen molar-refractivity contribution in [2.75, 3.05) is 38.2 Å². The molecular formula is C26H32F2N6O5. The van der Waals surface area contributed by atoms with E-state index >= 15 is 0 Å². The molecule has 3 fully saturated rings. The summed E-state index contributed by atoms with van der Waals surface area (Å²) in [4.78, 5) is 34.1. The zero-order chi connectivity index (χ0) is 27.0. The van der Waals surface area contributed by atoms with Gasteiger partial charge in [0.15, 0.2) is 6.29 Å². The number of fused-ring (bicyclic) bond motifs is 3. The molecule has 3 amide bonds. The number of halogens is 2. The van der Waals surface area contributed by atoms with E-state index in [1.54, 1.807) is 35.4 Å². The molecule has 5 aliphatic rings. The molecule has 1 aromatic rings. The number of ether oxygens (including phenoxy) is 3. The summed E-state index contributed by atoms with van der Waals surface area (Å²) < 4.78 is 43.6. The highest BCUT2D eigenvalue weighted by Gasteiger charge is 2.58. The SMILES string of the molecule is O=C(NC1CC1(F)F)C1C=CC2=C(N1)N(C(=O)Nc1cc(OCCOC3CCCCO3)ccn1)[C@H]1CCN2C1. The third kappa shape index (κ3) is 5.64. The monoisotopic (exact) mass is 546 g/mol. The summed E-state index contributed by atoms with van der Waals surface area (Å²) in [6.45, 7) is 2.84. The lowest BCUT2D eigenvalue weighted by Gasteiger charge is -2.40. The molecule has 1 saturated carbocycles. The fourth-order valence-corrected chi connectivity index (χ4v) is 5.31. The Kier molecular flexibility index (Phi) is 7.02. The van der Waals surface area contributed by atoms with Crippen LogP contribution in [0.2, 0.25) is 0 Å². The summed E-state index contributed by atoms with van der Waals surface area (Å²) in [5, 5.41) is 8.31. The van der Waals surface area contributed by atoms with Crippen LogP contribution in [0.4, 0.5) is 19.4 Å². The van der Waals surface area contributed by atoms with E-state index in [-0.39, 0.29) is 18.8 Å². The van der Waals surface area contributed by atoms with Crippen LogP contribution in [0.15, 0.2) is 42.0 Å². The van der Waals surface area contributed by atoms with Gasteiger partial charge in [0.25, 0.3) is 5.92 Å². The van der Waals surface area contributed by atoms with Crippen molar-refractivity contribution in [3.05, 3.63) is 42.0 Å². The molecule has 1 aliphatic carbocycles. The van der Waals surface area contributed by atoms with Crippen LogP contribution in [0.1, 0.15) is 32.1 Å². The third-order valence-electron chi connectivity index (χ3n) is 7.50. The van der Waals surface area contributed by atoms with Gasteiger partial charge in [-0.05, 0) is 37.8 Å². The molecule has 39 heavy (non-hydrogen) atoms. The predicted molar refractivity (Wildman–Crippen MR) is 135 cm³/mol. The maximum Gasteiger partial charge on any atom is 0.328 e. The number of anilines is 1. The molecule has 0 radical (unpaired) electrons. The summed E-state index contributed by atoms with van der Waals surface area (Å²) >= 11 is 0. The number of nitrogens with one attached hydrogen (secondary N) is 3. The van der Waals surface area contributed by atoms with E-state index in [1.165, 1.54) is 0 Å². The molecule has 0 spiro atoms. The van der Waals surface area contributed by atoms with Gasteiger partial charge < -0.3 is 29.7 Å². The zero-order valence-corrected chi connectivity index (χ0v) is 21.4. The second-order valence-corrected chi connectivity index (χ2v) is 10.3. The maximum atomic E-state index is 13.5. The second-order valence-electron chi connectivity index (χ2n) is 10.3. The molecule has 6 rings (SSSR count). The number of alkyl halides is 2. The van der Waals surface area contributed by atoms with Gasteiger partial charge >= 0.3 is 6.03 Å². The van der Waals surface area contributed by atoms with Crippen molar-refractivity contribution in [2.24, 2.45) is 0 Å². The molecule has 11 nitrogen and oxygen atoms in total. The Bertz CT molecular complexity index is 1170. The van der Waals surface area contributed by atoms with E-state index in [1.807, 2.05) is 0 Å². The number of allylic oxidation sites excluding steroid dienone is 1. The largest absolute Gasteiger partial charge is 0.491 e. The van der Waals surface area contributed by atoms with Crippen LogP contribution < -0.4 is 20.7 Å². The minimum absolute atomic E-state index is 0.113. The number of aromatic nitrogens is 1. The number of hydrogen-bond acceptors (Lipinski definition) is 8. The highest BCUT2D eigenvalue weighted by Crippen LogP contribution is 2.41. The van der Waals surface area contributed by atoms with E-state index in [2.05, 4.69) is 25.8 Å². The molecule has 13 heteroatoms. The van der Waals surface area contributed by atoms with Crippen molar-refractivity contribution in [2.45, 2.75) is 62.4 Å². The fraction of sp³-hybridized carbons (Fsp3) is 0.577. The molecule has 5 heterocycles. The number of pyridine rings is 1. The number of urea groups is 1. The first-order valence-electron chi connectivity index (χ1n) is 13.4. The lowest BCUT2D eigenvalue weighted by atomic mass is 10.1. The van der Waals surface area contributed by atoms with Crippen LogP contribution >= 0.6 is 0 Å². The lowest BCUT2D eigenvalue weighted by molar-refractivity contribution is -0.165. The van der Waals surface area contributed by atoms with Crippen LogP contribution in [-0.2, 0) is 14.3 Å². The number of hydrogen-bond donors (Lipinski definition) is 3. The zero-order valence-electron chi connectivity index (χ0n) is 21.4. The molecule has 3 N–H and O–H groups in total. The standard InChI is InChI=1S/C26H32F2N6O5/c27-26(28)14-20(26)31-24(35)18-4-5-19-23(30-18)34(16-7-9-33(19)15-16)25(36)32-21-13-17(6-8-29-21)37-11-12-39-22-3-1-2-10-38-22/h4-6,8,13,16,18,20,22,30H,1-3,7,9-12,14-15H2,(H,31,35)(H,29,32,36)/t16-,18?,20?,22?/m0/s1. The van der Waals surface area contributed by atoms with Crippen molar-refractivity contribution in [1.82, 2.24) is 25.4 Å². The van der Waals surface area contributed by atoms with Crippen LogP contribution in [0.3, 0.4) is 0 Å². The van der Waals surface area contributed by atoms with Gasteiger partial charge in [-0.1, -0.05) is 6.08 Å². The summed E-state index contributed by atoms with van der Waals surface area (Å²) in [6, 6.07) is 0.794. The van der Waals surface area contributed by atoms with Gasteiger partial charge in [-0.15, -0.1) is 0 Å². The van der Waals surface area contributed by atoms with Gasteiger partial charge in [0.1, 0.15) is 30.0 Å². The topological polar surface area (TPSA) is 117 Å². The van der Waals surface area contributed by atoms with Crippen molar-refractivity contribution >= 4 is 17.8 Å². The molecule has 4 aliphatic heterocycles. The minimum Gasteiger partial charge on any atom is -0.491 e. The van der Waals surface area contributed by atoms with Crippen molar-refractivity contribution < 1.29 is 32.6 Å². The second kappa shape index (κ2) is 10.6. The molecule has 0 aromatic carbocycles. The molecule has 210 valence electrons. The molecule has 3 unspecified atom stereocenters. The highest BCUT2D eigenvalue weighted by molar-refractivity contribution is 5.91. The van der Waals surface area contributed by atoms with Gasteiger partial charge in [0.2, 0.25) is 5.91 Å². The van der Waals surface area contributed by atoms with Crippen LogP contribution in [0.5, 0.6) is 5.75 Å². The first kappa shape index (κ1) is 25.8. The van der Waals surface area contributed by atoms with Crippen LogP contribution in [0.25, 0.3) is 0 Å². The van der Waals surface area contributed by atoms with Crippen molar-refractivity contribution in [3.63, 3.8) is 0 Å². The van der Waals surface area contributed by atoms with Crippen LogP contribution in [0, 0.1) is 0 Å². The average molecular weight is 547 g/mol. The fourth-order valence-electron chi connectivity index (χ4n) is 5.31. The number of nitrogens with zero attached hydrogens (tertiary/aromatic N) is 3. The quantitative estimate of drug-likeness (QED) is 0.425. The van der Waals surface area contributed by atoms with Gasteiger partial charge in [0.05, 0.1) is 24.4 Å². The van der Waals surface area contributed by atoms with E-state index in [4.69, 9.17) is 14.2 Å². The Morgan fingerprint density at radius 3 is 2.92 bits per heavy atom. The molecule has 2 bridgehead atoms. The Hall–Kier alpha value is -3.45. The number of dihydropyridines is 1. The van der Waals surface area contributed by atoms with Gasteiger partial charge in [-0.25, -0.2) is 18.6 Å². The Balaban J connectivity index is 1.08. The lowest BCUT2D eigenvalue weighted by Crippen LogP contribution is -2.56. The van der Waals surface area contributed by atoms with E-state index in [9.17, 15) is 18.4 Å². The van der Waals surface area contributed by atoms with Crippen molar-refractivity contribution in [3.8, 4) is 5.75 Å². The van der Waals surface area contributed by atoms with Crippen molar-refractivity contribution in [1.29, 1.82) is 0 Å². The Morgan fingerprint density at radius 1 is 1.26 bits per heavy atom.